The van der Waals surface area contributed by atoms with Gasteiger partial charge in [0.1, 0.15) is 0 Å². The number of allylic oxidation sites excluding steroid dienone is 3. The zero-order valence-electron chi connectivity index (χ0n) is 4.27. The van der Waals surface area contributed by atoms with E-state index < -0.39 is 0 Å². The molecule has 0 rings (SSSR count). The first-order valence-corrected chi connectivity index (χ1v) is 2.01. The number of hydrogen-bond donors (Lipinski definition) is 0. The van der Waals surface area contributed by atoms with Crippen LogP contribution in [0.5, 0.6) is 0 Å². The summed E-state index contributed by atoms with van der Waals surface area (Å²) in [5.74, 6) is -0.164. The number of ketones is 1. The second-order valence-corrected chi connectivity index (χ2v) is 1.04. The van der Waals surface area contributed by atoms with E-state index in [1.807, 2.05) is 0 Å². The lowest BCUT2D eigenvalue weighted by atomic mass is 10.3. The lowest BCUT2D eigenvalue weighted by Gasteiger charge is -1.86. The summed E-state index contributed by atoms with van der Waals surface area (Å²) in [4.78, 5) is 10.2. The fraction of sp³-hybridized carbons (Fsp3) is 0.167. The van der Waals surface area contributed by atoms with Gasteiger partial charge in [-0.2, -0.15) is 18.7 Å². The van der Waals surface area contributed by atoms with Crippen molar-refractivity contribution in [1.29, 1.82) is 0 Å². The second kappa shape index (κ2) is 3.34. The van der Waals surface area contributed by atoms with Crippen molar-refractivity contribution in [1.82, 2.24) is 0 Å². The molecule has 0 saturated carbocycles. The SMILES string of the molecule is C=[C-]C(=O)C=CC. The van der Waals surface area contributed by atoms with Gasteiger partial charge in [0.2, 0.25) is 0 Å². The molecule has 0 aromatic rings. The normalized spacial score (nSPS) is 9.29. The summed E-state index contributed by atoms with van der Waals surface area (Å²) in [5, 5.41) is 0. The maximum atomic E-state index is 10.2. The van der Waals surface area contributed by atoms with Crippen LogP contribution in [0.15, 0.2) is 18.7 Å². The molecule has 0 amide bonds. The predicted molar refractivity (Wildman–Crippen MR) is 28.7 cm³/mol. The highest BCUT2D eigenvalue weighted by Crippen LogP contribution is 1.72. The van der Waals surface area contributed by atoms with Crippen LogP contribution in [0.1, 0.15) is 6.92 Å². The van der Waals surface area contributed by atoms with Gasteiger partial charge in [0, 0.05) is 5.78 Å². The Morgan fingerprint density at radius 1 is 1.86 bits per heavy atom. The fourth-order valence-electron chi connectivity index (χ4n) is 0.210. The Morgan fingerprint density at radius 3 is 2.57 bits per heavy atom. The number of rotatable bonds is 2. The van der Waals surface area contributed by atoms with Crippen molar-refractivity contribution in [2.45, 2.75) is 6.92 Å². The summed E-state index contributed by atoms with van der Waals surface area (Å²) in [5.41, 5.74) is 0. The first-order chi connectivity index (χ1) is 3.31. The van der Waals surface area contributed by atoms with Crippen LogP contribution in [0.4, 0.5) is 0 Å². The average molecular weight is 95.1 g/mol. The van der Waals surface area contributed by atoms with Crippen molar-refractivity contribution in [3.63, 3.8) is 0 Å². The van der Waals surface area contributed by atoms with E-state index in [4.69, 9.17) is 0 Å². The van der Waals surface area contributed by atoms with E-state index in [-0.39, 0.29) is 5.78 Å². The molecule has 0 fully saturated rings. The van der Waals surface area contributed by atoms with Crippen molar-refractivity contribution < 1.29 is 4.79 Å². The van der Waals surface area contributed by atoms with Crippen molar-refractivity contribution >= 4 is 5.78 Å². The summed E-state index contributed by atoms with van der Waals surface area (Å²) < 4.78 is 0. The van der Waals surface area contributed by atoms with Crippen LogP contribution in [0, 0.1) is 6.08 Å². The van der Waals surface area contributed by atoms with E-state index in [0.717, 1.165) is 0 Å². The third-order valence-electron chi connectivity index (χ3n) is 0.492. The number of carbonyl (C=O) groups is 1. The van der Waals surface area contributed by atoms with Gasteiger partial charge in [0.25, 0.3) is 0 Å². The Hall–Kier alpha value is -0.850. The van der Waals surface area contributed by atoms with E-state index in [2.05, 4.69) is 12.7 Å². The molecule has 0 bridgehead atoms. The van der Waals surface area contributed by atoms with Gasteiger partial charge in [-0.3, -0.25) is 0 Å². The molecule has 0 heterocycles. The van der Waals surface area contributed by atoms with E-state index in [0.29, 0.717) is 0 Å². The van der Waals surface area contributed by atoms with Crippen molar-refractivity contribution in [2.24, 2.45) is 0 Å². The van der Waals surface area contributed by atoms with E-state index in [1.165, 1.54) is 6.08 Å². The van der Waals surface area contributed by atoms with Gasteiger partial charge in [0.15, 0.2) is 0 Å². The third kappa shape index (κ3) is 2.97. The molecule has 0 spiro atoms. The Bertz CT molecular complexity index is 101. The summed E-state index contributed by atoms with van der Waals surface area (Å²) in [6.07, 6.45) is 5.25. The van der Waals surface area contributed by atoms with Gasteiger partial charge < -0.3 is 4.79 Å². The van der Waals surface area contributed by atoms with Crippen molar-refractivity contribution in [3.05, 3.63) is 24.8 Å². The van der Waals surface area contributed by atoms with Crippen LogP contribution >= 0.6 is 0 Å². The summed E-state index contributed by atoms with van der Waals surface area (Å²) in [7, 11) is 0. The van der Waals surface area contributed by atoms with E-state index >= 15 is 0 Å². The van der Waals surface area contributed by atoms with Gasteiger partial charge in [-0.25, -0.2) is 6.08 Å². The topological polar surface area (TPSA) is 17.1 Å². The van der Waals surface area contributed by atoms with Crippen molar-refractivity contribution in [3.8, 4) is 0 Å². The van der Waals surface area contributed by atoms with Crippen LogP contribution in [0.3, 0.4) is 0 Å². The molecule has 0 atom stereocenters. The Balaban J connectivity index is 3.58. The predicted octanol–water partition coefficient (Wildman–Crippen LogP) is 1.12. The molecule has 7 heavy (non-hydrogen) atoms. The zero-order chi connectivity index (χ0) is 5.70. The van der Waals surface area contributed by atoms with Crippen LogP contribution in [-0.4, -0.2) is 5.78 Å². The summed E-state index contributed by atoms with van der Waals surface area (Å²) in [6.45, 7) is 4.93. The smallest absolute Gasteiger partial charge is 0.0109 e. The first kappa shape index (κ1) is 6.15. The number of carbonyl (C=O) groups excluding carboxylic acids is 1. The Labute approximate surface area is 43.3 Å². The van der Waals surface area contributed by atoms with Gasteiger partial charge in [-0.05, 0) is 0 Å². The van der Waals surface area contributed by atoms with Gasteiger partial charge in [-0.15, -0.1) is 0 Å². The molecule has 38 valence electrons. The number of hydrogen-bond acceptors (Lipinski definition) is 1. The van der Waals surface area contributed by atoms with E-state index in [1.54, 1.807) is 13.0 Å². The maximum absolute atomic E-state index is 10.2. The molecule has 0 unspecified atom stereocenters. The molecule has 0 radical (unpaired) electrons. The quantitative estimate of drug-likeness (QED) is 0.371. The lowest BCUT2D eigenvalue weighted by molar-refractivity contribution is -0.110. The second-order valence-electron chi connectivity index (χ2n) is 1.04. The molecular weight excluding hydrogens is 88.1 g/mol. The highest BCUT2D eigenvalue weighted by atomic mass is 16.1. The van der Waals surface area contributed by atoms with Gasteiger partial charge in [0.05, 0.1) is 0 Å². The zero-order valence-corrected chi connectivity index (χ0v) is 4.27. The minimum atomic E-state index is -0.164. The first-order valence-electron chi connectivity index (χ1n) is 2.01. The Morgan fingerprint density at radius 2 is 2.43 bits per heavy atom. The van der Waals surface area contributed by atoms with Gasteiger partial charge >= 0.3 is 0 Å². The average Bonchev–Trinajstić information content (AvgIpc) is 1.68. The molecule has 1 nitrogen and oxygen atoms in total. The molecule has 1 heteroatoms. The maximum Gasteiger partial charge on any atom is 0.0109 e. The van der Waals surface area contributed by atoms with Crippen LogP contribution in [0.2, 0.25) is 0 Å². The molecular formula is C6H7O-. The molecule has 0 aliphatic rings. The largest absolute Gasteiger partial charge is 0.333 e. The molecule has 0 N–H and O–H groups in total. The third-order valence-corrected chi connectivity index (χ3v) is 0.492. The summed E-state index contributed by atoms with van der Waals surface area (Å²) >= 11 is 0. The molecule has 0 aliphatic heterocycles. The minimum Gasteiger partial charge on any atom is -0.333 e. The fourth-order valence-corrected chi connectivity index (χ4v) is 0.210. The minimum absolute atomic E-state index is 0.164. The molecule has 0 saturated heterocycles. The van der Waals surface area contributed by atoms with E-state index in [9.17, 15) is 4.79 Å². The van der Waals surface area contributed by atoms with Crippen LogP contribution in [-0.2, 0) is 4.79 Å². The van der Waals surface area contributed by atoms with Crippen molar-refractivity contribution in [2.75, 3.05) is 0 Å². The highest BCUT2D eigenvalue weighted by Gasteiger charge is 1.63. The van der Waals surface area contributed by atoms with Gasteiger partial charge in [-0.1, -0.05) is 6.92 Å². The molecule has 0 aromatic heterocycles. The molecule has 0 aliphatic carbocycles. The monoisotopic (exact) mass is 95.1 g/mol. The highest BCUT2D eigenvalue weighted by molar-refractivity contribution is 5.95. The van der Waals surface area contributed by atoms with Crippen LogP contribution in [0.25, 0.3) is 0 Å². The lowest BCUT2D eigenvalue weighted by Crippen LogP contribution is -1.81. The standard InChI is InChI=1S/C6H7O/c1-3-5-6(7)4-2/h3,5H,2H2,1H3/q-1. The van der Waals surface area contributed by atoms with Crippen LogP contribution < -0.4 is 0 Å². The Kier molecular flexibility index (Phi) is 2.94. The summed E-state index contributed by atoms with van der Waals surface area (Å²) in [6, 6.07) is 0. The molecule has 0 aromatic carbocycles.